The molecule has 4 rings (SSSR count). The molecule has 0 N–H and O–H groups in total. The van der Waals surface area contributed by atoms with E-state index >= 15 is 0 Å². The molecule has 6 heteroatoms. The zero-order valence-electron chi connectivity index (χ0n) is 11.6. The van der Waals surface area contributed by atoms with Crippen molar-refractivity contribution >= 4 is 22.2 Å². The Labute approximate surface area is 129 Å². The van der Waals surface area contributed by atoms with Crippen molar-refractivity contribution in [1.29, 1.82) is 0 Å². The van der Waals surface area contributed by atoms with Gasteiger partial charge >= 0.3 is 0 Å². The van der Waals surface area contributed by atoms with E-state index in [1.807, 2.05) is 29.8 Å². The van der Waals surface area contributed by atoms with Crippen LogP contribution in [-0.4, -0.2) is 15.1 Å². The molecule has 0 spiro atoms. The second-order valence-electron chi connectivity index (χ2n) is 4.91. The summed E-state index contributed by atoms with van der Waals surface area (Å²) in [7, 11) is 0. The molecule has 3 aromatic heterocycles. The van der Waals surface area contributed by atoms with Crippen molar-refractivity contribution in [3.63, 3.8) is 0 Å². The van der Waals surface area contributed by atoms with Crippen molar-refractivity contribution in [3.8, 4) is 22.8 Å². The van der Waals surface area contributed by atoms with E-state index in [9.17, 15) is 4.39 Å². The quantitative estimate of drug-likeness (QED) is 0.548. The lowest BCUT2D eigenvalue weighted by atomic mass is 10.1. The Kier molecular flexibility index (Phi) is 2.97. The molecule has 0 saturated heterocycles. The standard InChI is InChI=1S/C16H10FN3OS/c1-9-6-13(12-3-2-11(17)7-14(12)18-9)16-19-15(20-21-16)10-4-5-22-8-10/h2-8H,1H3. The minimum atomic E-state index is -0.318. The third-order valence-corrected chi connectivity index (χ3v) is 4.02. The number of aromatic nitrogens is 3. The average Bonchev–Trinajstić information content (AvgIpc) is 3.17. The second kappa shape index (κ2) is 4.99. The molecule has 1 aromatic carbocycles. The zero-order valence-corrected chi connectivity index (χ0v) is 12.4. The van der Waals surface area contributed by atoms with E-state index in [4.69, 9.17) is 4.52 Å². The van der Waals surface area contributed by atoms with Crippen molar-refractivity contribution in [2.45, 2.75) is 6.92 Å². The largest absolute Gasteiger partial charge is 0.334 e. The molecule has 3 heterocycles. The van der Waals surface area contributed by atoms with Crippen molar-refractivity contribution < 1.29 is 8.91 Å². The molecule has 0 fully saturated rings. The van der Waals surface area contributed by atoms with Crippen LogP contribution < -0.4 is 0 Å². The van der Waals surface area contributed by atoms with E-state index in [0.29, 0.717) is 17.2 Å². The number of thiophene rings is 1. The number of hydrogen-bond donors (Lipinski definition) is 0. The molecule has 0 amide bonds. The van der Waals surface area contributed by atoms with Gasteiger partial charge in [-0.3, -0.25) is 4.98 Å². The number of aryl methyl sites for hydroxylation is 1. The Bertz CT molecular complexity index is 958. The molecule has 4 nitrogen and oxygen atoms in total. The summed E-state index contributed by atoms with van der Waals surface area (Å²) in [6, 6.07) is 8.29. The van der Waals surface area contributed by atoms with E-state index in [-0.39, 0.29) is 5.82 Å². The molecule has 0 aliphatic heterocycles. The van der Waals surface area contributed by atoms with Crippen LogP contribution in [0.4, 0.5) is 4.39 Å². The first-order valence-electron chi connectivity index (χ1n) is 6.64. The Balaban J connectivity index is 1.91. The molecule has 4 aromatic rings. The van der Waals surface area contributed by atoms with Crippen LogP contribution in [0.25, 0.3) is 33.7 Å². The van der Waals surface area contributed by atoms with Gasteiger partial charge in [-0.05, 0) is 36.6 Å². The highest BCUT2D eigenvalue weighted by atomic mass is 32.1. The fourth-order valence-electron chi connectivity index (χ4n) is 2.35. The summed E-state index contributed by atoms with van der Waals surface area (Å²) in [5, 5.41) is 8.72. The summed E-state index contributed by atoms with van der Waals surface area (Å²) < 4.78 is 18.8. The maximum absolute atomic E-state index is 13.4. The van der Waals surface area contributed by atoms with Gasteiger partial charge in [0.2, 0.25) is 5.82 Å². The molecule has 0 aliphatic rings. The normalized spacial score (nSPS) is 11.2. The third kappa shape index (κ3) is 2.17. The zero-order chi connectivity index (χ0) is 15.1. The monoisotopic (exact) mass is 311 g/mol. The van der Waals surface area contributed by atoms with Gasteiger partial charge in [-0.25, -0.2) is 4.39 Å². The summed E-state index contributed by atoms with van der Waals surface area (Å²) in [5.41, 5.74) is 3.02. The summed E-state index contributed by atoms with van der Waals surface area (Å²) in [5.74, 6) is 0.630. The SMILES string of the molecule is Cc1cc(-c2nc(-c3ccsc3)no2)c2ccc(F)cc2n1. The minimum absolute atomic E-state index is 0.318. The van der Waals surface area contributed by atoms with Crippen molar-refractivity contribution in [1.82, 2.24) is 15.1 Å². The number of fused-ring (bicyclic) bond motifs is 1. The van der Waals surface area contributed by atoms with Crippen LogP contribution in [0.15, 0.2) is 45.6 Å². The molecule has 0 bridgehead atoms. The third-order valence-electron chi connectivity index (χ3n) is 3.34. The van der Waals surface area contributed by atoms with Crippen LogP contribution in [-0.2, 0) is 0 Å². The lowest BCUT2D eigenvalue weighted by molar-refractivity contribution is 0.432. The smallest absolute Gasteiger partial charge is 0.258 e. The average molecular weight is 311 g/mol. The molecule has 0 radical (unpaired) electrons. The molecule has 0 unspecified atom stereocenters. The Morgan fingerprint density at radius 1 is 1.14 bits per heavy atom. The van der Waals surface area contributed by atoms with Crippen LogP contribution in [0.1, 0.15) is 5.69 Å². The van der Waals surface area contributed by atoms with Gasteiger partial charge in [-0.2, -0.15) is 16.3 Å². The first-order chi connectivity index (χ1) is 10.7. The van der Waals surface area contributed by atoms with Crippen LogP contribution >= 0.6 is 11.3 Å². The molecule has 0 aliphatic carbocycles. The van der Waals surface area contributed by atoms with Crippen LogP contribution in [0.5, 0.6) is 0 Å². The molecule has 0 atom stereocenters. The van der Waals surface area contributed by atoms with Crippen molar-refractivity contribution in [3.05, 3.63) is 52.6 Å². The lowest BCUT2D eigenvalue weighted by Crippen LogP contribution is -1.90. The van der Waals surface area contributed by atoms with Gasteiger partial charge in [-0.1, -0.05) is 5.16 Å². The van der Waals surface area contributed by atoms with Gasteiger partial charge in [0.25, 0.3) is 5.89 Å². The maximum atomic E-state index is 13.4. The van der Waals surface area contributed by atoms with E-state index < -0.39 is 0 Å². The van der Waals surface area contributed by atoms with Gasteiger partial charge in [0.1, 0.15) is 5.82 Å². The lowest BCUT2D eigenvalue weighted by Gasteiger charge is -2.04. The highest BCUT2D eigenvalue weighted by molar-refractivity contribution is 7.08. The predicted octanol–water partition coefficient (Wildman–Crippen LogP) is 4.46. The topological polar surface area (TPSA) is 51.8 Å². The number of nitrogens with zero attached hydrogens (tertiary/aromatic N) is 3. The van der Waals surface area contributed by atoms with Gasteiger partial charge in [0.15, 0.2) is 0 Å². The van der Waals surface area contributed by atoms with Crippen LogP contribution in [0, 0.1) is 12.7 Å². The van der Waals surface area contributed by atoms with Gasteiger partial charge < -0.3 is 4.52 Å². The van der Waals surface area contributed by atoms with Gasteiger partial charge in [0.05, 0.1) is 11.1 Å². The van der Waals surface area contributed by atoms with Crippen molar-refractivity contribution in [2.24, 2.45) is 0 Å². The number of benzene rings is 1. The molecule has 22 heavy (non-hydrogen) atoms. The summed E-state index contributed by atoms with van der Waals surface area (Å²) >= 11 is 1.57. The Morgan fingerprint density at radius 2 is 2.05 bits per heavy atom. The summed E-state index contributed by atoms with van der Waals surface area (Å²) in [4.78, 5) is 8.80. The van der Waals surface area contributed by atoms with E-state index in [1.165, 1.54) is 12.1 Å². The Hall–Kier alpha value is -2.60. The number of halogens is 1. The fourth-order valence-corrected chi connectivity index (χ4v) is 2.99. The molecule has 108 valence electrons. The Morgan fingerprint density at radius 3 is 2.86 bits per heavy atom. The van der Waals surface area contributed by atoms with Gasteiger partial charge in [-0.15, -0.1) is 0 Å². The molecular formula is C16H10FN3OS. The van der Waals surface area contributed by atoms with E-state index in [0.717, 1.165) is 22.2 Å². The van der Waals surface area contributed by atoms with E-state index in [2.05, 4.69) is 15.1 Å². The minimum Gasteiger partial charge on any atom is -0.334 e. The molecular weight excluding hydrogens is 301 g/mol. The summed E-state index contributed by atoms with van der Waals surface area (Å²) in [6.45, 7) is 1.85. The van der Waals surface area contributed by atoms with Crippen molar-refractivity contribution in [2.75, 3.05) is 0 Å². The maximum Gasteiger partial charge on any atom is 0.258 e. The predicted molar refractivity (Wildman–Crippen MR) is 83.0 cm³/mol. The highest BCUT2D eigenvalue weighted by Gasteiger charge is 2.15. The highest BCUT2D eigenvalue weighted by Crippen LogP contribution is 2.29. The first kappa shape index (κ1) is 13.1. The molecule has 0 saturated carbocycles. The van der Waals surface area contributed by atoms with Crippen LogP contribution in [0.3, 0.4) is 0 Å². The van der Waals surface area contributed by atoms with Crippen LogP contribution in [0.2, 0.25) is 0 Å². The number of hydrogen-bond acceptors (Lipinski definition) is 5. The second-order valence-corrected chi connectivity index (χ2v) is 5.69. The van der Waals surface area contributed by atoms with Gasteiger partial charge in [0, 0.05) is 28.1 Å². The number of rotatable bonds is 2. The number of pyridine rings is 1. The fraction of sp³-hybridized carbons (Fsp3) is 0.0625. The van der Waals surface area contributed by atoms with E-state index in [1.54, 1.807) is 17.4 Å². The summed E-state index contributed by atoms with van der Waals surface area (Å²) in [6.07, 6.45) is 0. The first-order valence-corrected chi connectivity index (χ1v) is 7.58.